The van der Waals surface area contributed by atoms with E-state index < -0.39 is 17.8 Å². The number of carbonyl (C=O) groups excluding carboxylic acids is 1. The minimum Gasteiger partial charge on any atom is -0.481 e. The van der Waals surface area contributed by atoms with E-state index in [0.717, 1.165) is 11.3 Å². The lowest BCUT2D eigenvalue weighted by Gasteiger charge is -2.18. The van der Waals surface area contributed by atoms with Gasteiger partial charge in [0.25, 0.3) is 0 Å². The fourth-order valence-corrected chi connectivity index (χ4v) is 1.80. The molecular weight excluding hydrogens is 242 g/mol. The third-order valence-electron chi connectivity index (χ3n) is 3.39. The fraction of sp³-hybridized carbons (Fsp3) is 0.467. The van der Waals surface area contributed by atoms with Crippen molar-refractivity contribution in [2.75, 3.05) is 5.32 Å². The van der Waals surface area contributed by atoms with Crippen LogP contribution in [0.2, 0.25) is 0 Å². The average Bonchev–Trinajstić information content (AvgIpc) is 2.37. The summed E-state index contributed by atoms with van der Waals surface area (Å²) in [5, 5.41) is 11.8. The van der Waals surface area contributed by atoms with E-state index in [4.69, 9.17) is 5.11 Å². The number of rotatable bonds is 5. The number of aliphatic carboxylic acids is 1. The second kappa shape index (κ2) is 6.36. The maximum Gasteiger partial charge on any atom is 0.307 e. The van der Waals surface area contributed by atoms with E-state index in [2.05, 4.69) is 5.32 Å². The van der Waals surface area contributed by atoms with Gasteiger partial charge in [0.2, 0.25) is 5.91 Å². The molecule has 0 aliphatic heterocycles. The standard InChI is InChI=1S/C15H21NO3/c1-9(2)12-7-5-6-8-13(12)16-14(17)10(3)11(4)15(18)19/h5-11H,1-4H3,(H,16,17)(H,18,19). The van der Waals surface area contributed by atoms with Crippen molar-refractivity contribution >= 4 is 17.6 Å². The molecule has 0 fully saturated rings. The molecular formula is C15H21NO3. The second-order valence-corrected chi connectivity index (χ2v) is 5.15. The van der Waals surface area contributed by atoms with Gasteiger partial charge in [0, 0.05) is 11.6 Å². The Morgan fingerprint density at radius 3 is 2.16 bits per heavy atom. The predicted octanol–water partition coefficient (Wildman–Crippen LogP) is 3.11. The molecule has 0 aromatic heterocycles. The Hall–Kier alpha value is -1.84. The van der Waals surface area contributed by atoms with Crippen molar-refractivity contribution in [3.63, 3.8) is 0 Å². The summed E-state index contributed by atoms with van der Waals surface area (Å²) in [6.07, 6.45) is 0. The van der Waals surface area contributed by atoms with Crippen molar-refractivity contribution in [3.05, 3.63) is 29.8 Å². The highest BCUT2D eigenvalue weighted by atomic mass is 16.4. The van der Waals surface area contributed by atoms with Gasteiger partial charge in [-0.05, 0) is 17.5 Å². The smallest absolute Gasteiger partial charge is 0.307 e. The quantitative estimate of drug-likeness (QED) is 0.857. The molecule has 4 nitrogen and oxygen atoms in total. The molecule has 1 rings (SSSR count). The van der Waals surface area contributed by atoms with Crippen LogP contribution >= 0.6 is 0 Å². The molecule has 4 heteroatoms. The molecule has 1 aromatic carbocycles. The van der Waals surface area contributed by atoms with Crippen LogP contribution in [0.3, 0.4) is 0 Å². The first kappa shape index (κ1) is 15.2. The van der Waals surface area contributed by atoms with Crippen LogP contribution in [0.1, 0.15) is 39.2 Å². The highest BCUT2D eigenvalue weighted by Gasteiger charge is 2.26. The molecule has 19 heavy (non-hydrogen) atoms. The number of hydrogen-bond acceptors (Lipinski definition) is 2. The number of carboxylic acids is 1. The highest BCUT2D eigenvalue weighted by Crippen LogP contribution is 2.24. The second-order valence-electron chi connectivity index (χ2n) is 5.15. The number of anilines is 1. The Labute approximate surface area is 113 Å². The minimum atomic E-state index is -0.959. The van der Waals surface area contributed by atoms with Crippen molar-refractivity contribution in [2.45, 2.75) is 33.6 Å². The fourth-order valence-electron chi connectivity index (χ4n) is 1.80. The van der Waals surface area contributed by atoms with Gasteiger partial charge in [-0.2, -0.15) is 0 Å². The molecule has 0 radical (unpaired) electrons. The number of benzene rings is 1. The Morgan fingerprint density at radius 1 is 1.05 bits per heavy atom. The molecule has 1 aromatic rings. The zero-order chi connectivity index (χ0) is 14.6. The first-order valence-electron chi connectivity index (χ1n) is 6.47. The molecule has 2 atom stereocenters. The van der Waals surface area contributed by atoms with Crippen LogP contribution in [0.4, 0.5) is 5.69 Å². The zero-order valence-corrected chi connectivity index (χ0v) is 11.8. The number of hydrogen-bond donors (Lipinski definition) is 2. The Balaban J connectivity index is 2.85. The first-order chi connectivity index (χ1) is 8.84. The summed E-state index contributed by atoms with van der Waals surface area (Å²) < 4.78 is 0. The van der Waals surface area contributed by atoms with Gasteiger partial charge in [0.05, 0.1) is 5.92 Å². The van der Waals surface area contributed by atoms with Gasteiger partial charge in [-0.3, -0.25) is 9.59 Å². The van der Waals surface area contributed by atoms with Crippen LogP contribution in [0.25, 0.3) is 0 Å². The predicted molar refractivity (Wildman–Crippen MR) is 75.1 cm³/mol. The van der Waals surface area contributed by atoms with Crippen molar-refractivity contribution in [1.82, 2.24) is 0 Å². The molecule has 0 spiro atoms. The normalized spacial score (nSPS) is 13.9. The Morgan fingerprint density at radius 2 is 1.63 bits per heavy atom. The number of carboxylic acid groups (broad SMARTS) is 1. The lowest BCUT2D eigenvalue weighted by atomic mass is 9.94. The largest absolute Gasteiger partial charge is 0.481 e. The molecule has 1 amide bonds. The lowest BCUT2D eigenvalue weighted by molar-refractivity contribution is -0.145. The molecule has 2 unspecified atom stereocenters. The van der Waals surface area contributed by atoms with Crippen molar-refractivity contribution < 1.29 is 14.7 Å². The average molecular weight is 263 g/mol. The lowest BCUT2D eigenvalue weighted by Crippen LogP contribution is -2.30. The van der Waals surface area contributed by atoms with E-state index in [-0.39, 0.29) is 5.91 Å². The van der Waals surface area contributed by atoms with E-state index >= 15 is 0 Å². The number of nitrogens with one attached hydrogen (secondary N) is 1. The van der Waals surface area contributed by atoms with Gasteiger partial charge >= 0.3 is 5.97 Å². The van der Waals surface area contributed by atoms with Crippen LogP contribution in [0.5, 0.6) is 0 Å². The van der Waals surface area contributed by atoms with Crippen LogP contribution in [0, 0.1) is 11.8 Å². The van der Waals surface area contributed by atoms with Gasteiger partial charge in [-0.15, -0.1) is 0 Å². The van der Waals surface area contributed by atoms with Gasteiger partial charge in [-0.1, -0.05) is 45.9 Å². The molecule has 0 aliphatic rings. The SMILES string of the molecule is CC(C)c1ccccc1NC(=O)C(C)C(C)C(=O)O. The minimum absolute atomic E-state index is 0.261. The maximum absolute atomic E-state index is 12.1. The van der Waals surface area contributed by atoms with Gasteiger partial charge in [0.15, 0.2) is 0 Å². The van der Waals surface area contributed by atoms with E-state index in [1.54, 1.807) is 13.8 Å². The summed E-state index contributed by atoms with van der Waals surface area (Å²) in [6, 6.07) is 7.58. The van der Waals surface area contributed by atoms with Gasteiger partial charge in [-0.25, -0.2) is 0 Å². The molecule has 104 valence electrons. The van der Waals surface area contributed by atoms with Gasteiger partial charge < -0.3 is 10.4 Å². The summed E-state index contributed by atoms with van der Waals surface area (Å²) in [5.74, 6) is -2.20. The zero-order valence-electron chi connectivity index (χ0n) is 11.8. The molecule has 0 saturated heterocycles. The Bertz CT molecular complexity index is 468. The number of carbonyl (C=O) groups is 2. The summed E-state index contributed by atoms with van der Waals surface area (Å²) in [7, 11) is 0. The van der Waals surface area contributed by atoms with Crippen LogP contribution in [0.15, 0.2) is 24.3 Å². The molecule has 2 N–H and O–H groups in total. The molecule has 0 saturated carbocycles. The highest BCUT2D eigenvalue weighted by molar-refractivity contribution is 5.95. The molecule has 0 aliphatic carbocycles. The summed E-state index contributed by atoms with van der Waals surface area (Å²) >= 11 is 0. The van der Waals surface area contributed by atoms with E-state index in [1.807, 2.05) is 38.1 Å². The van der Waals surface area contributed by atoms with Crippen LogP contribution in [-0.2, 0) is 9.59 Å². The van der Waals surface area contributed by atoms with Crippen LogP contribution in [-0.4, -0.2) is 17.0 Å². The van der Waals surface area contributed by atoms with Crippen LogP contribution < -0.4 is 5.32 Å². The number of amides is 1. The topological polar surface area (TPSA) is 66.4 Å². The number of para-hydroxylation sites is 1. The van der Waals surface area contributed by atoms with Crippen molar-refractivity contribution in [1.29, 1.82) is 0 Å². The third kappa shape index (κ3) is 3.81. The summed E-state index contributed by atoms with van der Waals surface area (Å²) in [4.78, 5) is 23.0. The summed E-state index contributed by atoms with van der Waals surface area (Å²) in [6.45, 7) is 7.27. The van der Waals surface area contributed by atoms with E-state index in [1.165, 1.54) is 0 Å². The molecule has 0 bridgehead atoms. The van der Waals surface area contributed by atoms with Crippen molar-refractivity contribution in [2.24, 2.45) is 11.8 Å². The monoisotopic (exact) mass is 263 g/mol. The van der Waals surface area contributed by atoms with E-state index in [9.17, 15) is 9.59 Å². The third-order valence-corrected chi connectivity index (χ3v) is 3.39. The molecule has 0 heterocycles. The van der Waals surface area contributed by atoms with Gasteiger partial charge in [0.1, 0.15) is 0 Å². The van der Waals surface area contributed by atoms with Crippen molar-refractivity contribution in [3.8, 4) is 0 Å². The maximum atomic E-state index is 12.1. The Kier molecular flexibility index (Phi) is 5.10. The van der Waals surface area contributed by atoms with E-state index in [0.29, 0.717) is 5.92 Å². The first-order valence-corrected chi connectivity index (χ1v) is 6.47. The summed E-state index contributed by atoms with van der Waals surface area (Å²) in [5.41, 5.74) is 1.80.